The van der Waals surface area contributed by atoms with Gasteiger partial charge in [0.05, 0.1) is 7.11 Å². The average Bonchev–Trinajstić information content (AvgIpc) is 2.39. The first kappa shape index (κ1) is 15.2. The molecule has 0 saturated heterocycles. The molecule has 102 valence electrons. The van der Waals surface area contributed by atoms with Gasteiger partial charge in [0.25, 0.3) is 0 Å². The summed E-state index contributed by atoms with van der Waals surface area (Å²) < 4.78 is 21.8. The van der Waals surface area contributed by atoms with Crippen molar-refractivity contribution in [2.75, 3.05) is 28.4 Å². The molecule has 1 rings (SSSR count). The standard InChI is InChI=1S/C13H22O4Si/c1-10-7-8-12(11(2)13(10)14-3)9-18(15-4,16-5)17-6/h7-8H,9H2,1-6H3. The van der Waals surface area contributed by atoms with E-state index in [2.05, 4.69) is 6.07 Å². The third-order valence-corrected chi connectivity index (χ3v) is 5.94. The smallest absolute Gasteiger partial charge is 0.496 e. The summed E-state index contributed by atoms with van der Waals surface area (Å²) in [5, 5.41) is 0. The van der Waals surface area contributed by atoms with Crippen LogP contribution in [0.5, 0.6) is 5.75 Å². The molecule has 5 heteroatoms. The quantitative estimate of drug-likeness (QED) is 0.743. The SMILES string of the molecule is COc1c(C)ccc(C[Si](OC)(OC)OC)c1C. The first-order chi connectivity index (χ1) is 8.53. The topological polar surface area (TPSA) is 36.9 Å². The Morgan fingerprint density at radius 1 is 0.944 bits per heavy atom. The Labute approximate surface area is 110 Å². The normalized spacial score (nSPS) is 11.7. The van der Waals surface area contributed by atoms with Crippen LogP contribution in [0.15, 0.2) is 12.1 Å². The fourth-order valence-corrected chi connectivity index (χ4v) is 3.86. The lowest BCUT2D eigenvalue weighted by Gasteiger charge is -2.25. The zero-order chi connectivity index (χ0) is 13.8. The van der Waals surface area contributed by atoms with Gasteiger partial charge in [-0.25, -0.2) is 0 Å². The van der Waals surface area contributed by atoms with Crippen molar-refractivity contribution in [3.05, 3.63) is 28.8 Å². The number of hydrogen-bond acceptors (Lipinski definition) is 4. The van der Waals surface area contributed by atoms with E-state index in [0.29, 0.717) is 6.04 Å². The van der Waals surface area contributed by atoms with Crippen LogP contribution >= 0.6 is 0 Å². The van der Waals surface area contributed by atoms with Crippen molar-refractivity contribution >= 4 is 8.80 Å². The zero-order valence-electron chi connectivity index (χ0n) is 12.0. The second kappa shape index (κ2) is 6.33. The minimum absolute atomic E-state index is 0.638. The van der Waals surface area contributed by atoms with Crippen molar-refractivity contribution in [2.24, 2.45) is 0 Å². The largest absolute Gasteiger partial charge is 0.504 e. The van der Waals surface area contributed by atoms with E-state index in [0.717, 1.165) is 22.4 Å². The van der Waals surface area contributed by atoms with Gasteiger partial charge in [-0.2, -0.15) is 0 Å². The molecule has 4 nitrogen and oxygen atoms in total. The van der Waals surface area contributed by atoms with Gasteiger partial charge in [-0.3, -0.25) is 0 Å². The van der Waals surface area contributed by atoms with Crippen LogP contribution in [-0.4, -0.2) is 37.2 Å². The van der Waals surface area contributed by atoms with Gasteiger partial charge in [0.1, 0.15) is 5.75 Å². The summed E-state index contributed by atoms with van der Waals surface area (Å²) in [7, 11) is 3.96. The van der Waals surface area contributed by atoms with E-state index in [4.69, 9.17) is 18.0 Å². The molecule has 0 spiro atoms. The molecular weight excluding hydrogens is 248 g/mol. The molecule has 0 amide bonds. The fourth-order valence-electron chi connectivity index (χ4n) is 2.07. The summed E-state index contributed by atoms with van der Waals surface area (Å²) in [5.41, 5.74) is 3.37. The van der Waals surface area contributed by atoms with Gasteiger partial charge in [0.15, 0.2) is 0 Å². The molecule has 0 aliphatic heterocycles. The highest BCUT2D eigenvalue weighted by atomic mass is 28.4. The third-order valence-electron chi connectivity index (χ3n) is 3.26. The van der Waals surface area contributed by atoms with Crippen LogP contribution in [-0.2, 0) is 19.3 Å². The molecule has 0 bridgehead atoms. The molecule has 0 atom stereocenters. The summed E-state index contributed by atoms with van der Waals surface area (Å²) in [6, 6.07) is 4.76. The number of rotatable bonds is 6. The fraction of sp³-hybridized carbons (Fsp3) is 0.538. The van der Waals surface area contributed by atoms with Crippen LogP contribution in [0.1, 0.15) is 16.7 Å². The van der Waals surface area contributed by atoms with Crippen molar-refractivity contribution in [3.63, 3.8) is 0 Å². The van der Waals surface area contributed by atoms with E-state index in [1.165, 1.54) is 0 Å². The summed E-state index contributed by atoms with van der Waals surface area (Å²) in [4.78, 5) is 0. The van der Waals surface area contributed by atoms with Crippen LogP contribution in [0.2, 0.25) is 0 Å². The van der Waals surface area contributed by atoms with Gasteiger partial charge in [0.2, 0.25) is 0 Å². The van der Waals surface area contributed by atoms with Crippen molar-refractivity contribution < 1.29 is 18.0 Å². The van der Waals surface area contributed by atoms with E-state index >= 15 is 0 Å². The molecule has 18 heavy (non-hydrogen) atoms. The van der Waals surface area contributed by atoms with Crippen LogP contribution in [0.25, 0.3) is 0 Å². The van der Waals surface area contributed by atoms with Gasteiger partial charge >= 0.3 is 8.80 Å². The molecule has 0 radical (unpaired) electrons. The predicted octanol–water partition coefficient (Wildman–Crippen LogP) is 2.27. The summed E-state index contributed by atoms with van der Waals surface area (Å²) in [6.07, 6.45) is 0. The molecule has 0 heterocycles. The molecule has 0 fully saturated rings. The summed E-state index contributed by atoms with van der Waals surface area (Å²) >= 11 is 0. The zero-order valence-corrected chi connectivity index (χ0v) is 13.0. The highest BCUT2D eigenvalue weighted by molar-refractivity contribution is 6.60. The molecular formula is C13H22O4Si. The number of benzene rings is 1. The molecule has 0 saturated carbocycles. The maximum absolute atomic E-state index is 5.45. The van der Waals surface area contributed by atoms with E-state index in [1.807, 2.05) is 19.9 Å². The molecule has 0 unspecified atom stereocenters. The van der Waals surface area contributed by atoms with Gasteiger partial charge in [-0.15, -0.1) is 0 Å². The highest BCUT2D eigenvalue weighted by Crippen LogP contribution is 2.28. The first-order valence-corrected chi connectivity index (χ1v) is 7.75. The number of hydrogen-bond donors (Lipinski definition) is 0. The molecule has 0 aromatic heterocycles. The number of ether oxygens (including phenoxy) is 1. The average molecular weight is 270 g/mol. The Bertz CT molecular complexity index is 394. The van der Waals surface area contributed by atoms with Gasteiger partial charge in [-0.05, 0) is 30.5 Å². The van der Waals surface area contributed by atoms with Gasteiger partial charge < -0.3 is 18.0 Å². The Kier molecular flexibility index (Phi) is 5.34. The molecule has 1 aromatic carbocycles. The first-order valence-electron chi connectivity index (χ1n) is 5.82. The Morgan fingerprint density at radius 2 is 1.50 bits per heavy atom. The Balaban J connectivity index is 3.11. The van der Waals surface area contributed by atoms with Crippen LogP contribution in [0.3, 0.4) is 0 Å². The molecule has 0 N–H and O–H groups in total. The van der Waals surface area contributed by atoms with Crippen molar-refractivity contribution in [2.45, 2.75) is 19.9 Å². The Morgan fingerprint density at radius 3 is 1.94 bits per heavy atom. The van der Waals surface area contributed by atoms with Crippen molar-refractivity contribution in [1.29, 1.82) is 0 Å². The van der Waals surface area contributed by atoms with Gasteiger partial charge in [0, 0.05) is 27.4 Å². The van der Waals surface area contributed by atoms with E-state index < -0.39 is 8.80 Å². The lowest BCUT2D eigenvalue weighted by Crippen LogP contribution is -2.45. The second-order valence-electron chi connectivity index (χ2n) is 4.17. The number of aryl methyl sites for hydroxylation is 1. The summed E-state index contributed by atoms with van der Waals surface area (Å²) in [5.74, 6) is 0.915. The minimum atomic E-state index is -2.60. The summed E-state index contributed by atoms with van der Waals surface area (Å²) in [6.45, 7) is 4.07. The van der Waals surface area contributed by atoms with Gasteiger partial charge in [-0.1, -0.05) is 12.1 Å². The molecule has 1 aromatic rings. The number of methoxy groups -OCH3 is 1. The lowest BCUT2D eigenvalue weighted by atomic mass is 10.1. The highest BCUT2D eigenvalue weighted by Gasteiger charge is 2.38. The van der Waals surface area contributed by atoms with E-state index in [1.54, 1.807) is 28.4 Å². The van der Waals surface area contributed by atoms with Crippen LogP contribution in [0.4, 0.5) is 0 Å². The Hall–Kier alpha value is -0.883. The third kappa shape index (κ3) is 2.92. The monoisotopic (exact) mass is 270 g/mol. The predicted molar refractivity (Wildman–Crippen MR) is 73.0 cm³/mol. The van der Waals surface area contributed by atoms with Crippen LogP contribution in [0, 0.1) is 13.8 Å². The molecule has 0 aliphatic carbocycles. The van der Waals surface area contributed by atoms with E-state index in [-0.39, 0.29) is 0 Å². The molecule has 0 aliphatic rings. The van der Waals surface area contributed by atoms with Crippen molar-refractivity contribution in [1.82, 2.24) is 0 Å². The maximum Gasteiger partial charge on any atom is 0.504 e. The lowest BCUT2D eigenvalue weighted by molar-refractivity contribution is 0.122. The maximum atomic E-state index is 5.45. The van der Waals surface area contributed by atoms with Crippen molar-refractivity contribution in [3.8, 4) is 5.75 Å². The minimum Gasteiger partial charge on any atom is -0.496 e. The van der Waals surface area contributed by atoms with Crippen LogP contribution < -0.4 is 4.74 Å². The second-order valence-corrected chi connectivity index (χ2v) is 7.12. The van der Waals surface area contributed by atoms with E-state index in [9.17, 15) is 0 Å².